The Morgan fingerprint density at radius 2 is 0.576 bits per heavy atom. The van der Waals surface area contributed by atoms with E-state index in [4.69, 9.17) is 14.2 Å². The molecule has 0 fully saturated rings. The van der Waals surface area contributed by atoms with Gasteiger partial charge in [0.25, 0.3) is 0 Å². The molecule has 0 aliphatic heterocycles. The fraction of sp³-hybridized carbons (Fsp3) is 0.950. The lowest BCUT2D eigenvalue weighted by atomic mass is 9.99. The van der Waals surface area contributed by atoms with Crippen molar-refractivity contribution < 1.29 is 28.6 Å². The monoisotopic (exact) mass is 933 g/mol. The van der Waals surface area contributed by atoms with Gasteiger partial charge in [-0.15, -0.1) is 0 Å². The Kier molecular flexibility index (Phi) is 51.5. The van der Waals surface area contributed by atoms with Crippen LogP contribution in [-0.2, 0) is 28.6 Å². The third-order valence-electron chi connectivity index (χ3n) is 14.1. The van der Waals surface area contributed by atoms with E-state index in [1.165, 1.54) is 225 Å². The predicted octanol–water partition coefficient (Wildman–Crippen LogP) is 19.7. The first-order valence-electron chi connectivity index (χ1n) is 29.8. The van der Waals surface area contributed by atoms with E-state index in [1.54, 1.807) is 0 Å². The van der Waals surface area contributed by atoms with E-state index >= 15 is 0 Å². The van der Waals surface area contributed by atoms with Gasteiger partial charge in [-0.3, -0.25) is 14.4 Å². The highest BCUT2D eigenvalue weighted by atomic mass is 16.6. The molecule has 6 heteroatoms. The third-order valence-corrected chi connectivity index (χ3v) is 14.1. The van der Waals surface area contributed by atoms with Crippen LogP contribution in [0.25, 0.3) is 0 Å². The largest absolute Gasteiger partial charge is 0.462 e. The van der Waals surface area contributed by atoms with Gasteiger partial charge >= 0.3 is 17.9 Å². The van der Waals surface area contributed by atoms with Crippen molar-refractivity contribution in [2.75, 3.05) is 13.2 Å². The molecule has 0 aliphatic carbocycles. The van der Waals surface area contributed by atoms with Crippen molar-refractivity contribution in [3.63, 3.8) is 0 Å². The molecule has 0 N–H and O–H groups in total. The standard InChI is InChI=1S/C60H116O6/c1-6-8-9-10-11-12-13-14-22-26-31-37-42-47-52-60(63)66-57(54-65-59(62)51-46-41-36-32-27-28-33-38-43-48-55(3)4)53-64-58(61)50-45-40-35-30-25-23-20-18-16-15-17-19-21-24-29-34-39-44-49-56(5)7-2/h55-57H,6-54H2,1-5H3/t56?,57-/m0/s1. The zero-order valence-corrected chi connectivity index (χ0v) is 45.3. The quantitative estimate of drug-likeness (QED) is 0.0343. The molecule has 0 aliphatic rings. The first-order chi connectivity index (χ1) is 32.3. The average molecular weight is 934 g/mol. The van der Waals surface area contributed by atoms with E-state index in [9.17, 15) is 14.4 Å². The summed E-state index contributed by atoms with van der Waals surface area (Å²) in [5, 5.41) is 0. The molecular weight excluding hydrogens is 817 g/mol. The number of hydrogen-bond donors (Lipinski definition) is 0. The number of carbonyl (C=O) groups is 3. The molecule has 0 aromatic heterocycles. The average Bonchev–Trinajstić information content (AvgIpc) is 3.30. The molecular formula is C60H116O6. The van der Waals surface area contributed by atoms with Crippen molar-refractivity contribution in [3.05, 3.63) is 0 Å². The Balaban J connectivity index is 4.22. The second-order valence-corrected chi connectivity index (χ2v) is 21.4. The van der Waals surface area contributed by atoms with Crippen LogP contribution >= 0.6 is 0 Å². The Labute approximate surface area is 412 Å². The first kappa shape index (κ1) is 64.4. The lowest BCUT2D eigenvalue weighted by Gasteiger charge is -2.18. The van der Waals surface area contributed by atoms with Crippen molar-refractivity contribution >= 4 is 17.9 Å². The number of rotatable bonds is 54. The topological polar surface area (TPSA) is 78.9 Å². The summed E-state index contributed by atoms with van der Waals surface area (Å²) in [6.45, 7) is 11.4. The van der Waals surface area contributed by atoms with E-state index in [1.807, 2.05) is 0 Å². The SMILES string of the molecule is CCCCCCCCCCCCCCCCC(=O)O[C@@H](COC(=O)CCCCCCCCCCCCCCCCCCCCC(C)CC)COC(=O)CCCCCCCCCCCC(C)C. The van der Waals surface area contributed by atoms with Gasteiger partial charge in [0.1, 0.15) is 13.2 Å². The molecule has 0 rings (SSSR count). The molecule has 392 valence electrons. The Morgan fingerprint density at radius 3 is 0.864 bits per heavy atom. The second kappa shape index (κ2) is 52.8. The highest BCUT2D eigenvalue weighted by molar-refractivity contribution is 5.71. The van der Waals surface area contributed by atoms with Crippen molar-refractivity contribution in [2.24, 2.45) is 11.8 Å². The summed E-state index contributed by atoms with van der Waals surface area (Å²) in [6, 6.07) is 0. The maximum Gasteiger partial charge on any atom is 0.306 e. The van der Waals surface area contributed by atoms with E-state index < -0.39 is 6.10 Å². The molecule has 66 heavy (non-hydrogen) atoms. The highest BCUT2D eigenvalue weighted by Crippen LogP contribution is 2.19. The van der Waals surface area contributed by atoms with Crippen molar-refractivity contribution in [1.82, 2.24) is 0 Å². The Morgan fingerprint density at radius 1 is 0.318 bits per heavy atom. The van der Waals surface area contributed by atoms with Crippen LogP contribution in [0.2, 0.25) is 0 Å². The summed E-state index contributed by atoms with van der Waals surface area (Å²) >= 11 is 0. The van der Waals surface area contributed by atoms with Gasteiger partial charge in [-0.25, -0.2) is 0 Å². The van der Waals surface area contributed by atoms with Crippen LogP contribution in [0.5, 0.6) is 0 Å². The van der Waals surface area contributed by atoms with E-state index in [2.05, 4.69) is 34.6 Å². The summed E-state index contributed by atoms with van der Waals surface area (Å²) in [5.74, 6) is 0.879. The second-order valence-electron chi connectivity index (χ2n) is 21.4. The summed E-state index contributed by atoms with van der Waals surface area (Å²) in [7, 11) is 0. The summed E-state index contributed by atoms with van der Waals surface area (Å²) in [6.07, 6.45) is 56.7. The minimum absolute atomic E-state index is 0.0627. The zero-order valence-electron chi connectivity index (χ0n) is 45.3. The van der Waals surface area contributed by atoms with Crippen molar-refractivity contribution in [1.29, 1.82) is 0 Å². The van der Waals surface area contributed by atoms with Gasteiger partial charge in [0.2, 0.25) is 0 Å². The van der Waals surface area contributed by atoms with Gasteiger partial charge in [0.05, 0.1) is 0 Å². The van der Waals surface area contributed by atoms with E-state index in [0.717, 1.165) is 69.6 Å². The summed E-state index contributed by atoms with van der Waals surface area (Å²) in [4.78, 5) is 38.1. The van der Waals surface area contributed by atoms with Crippen LogP contribution < -0.4 is 0 Å². The summed E-state index contributed by atoms with van der Waals surface area (Å²) in [5.41, 5.74) is 0. The molecule has 0 saturated carbocycles. The van der Waals surface area contributed by atoms with Crippen LogP contribution in [0.1, 0.15) is 336 Å². The van der Waals surface area contributed by atoms with Crippen LogP contribution in [0.4, 0.5) is 0 Å². The van der Waals surface area contributed by atoms with Crippen LogP contribution in [0, 0.1) is 11.8 Å². The molecule has 1 unspecified atom stereocenters. The fourth-order valence-corrected chi connectivity index (χ4v) is 9.20. The van der Waals surface area contributed by atoms with E-state index in [-0.39, 0.29) is 31.1 Å². The minimum atomic E-state index is -0.762. The molecule has 0 spiro atoms. The maximum absolute atomic E-state index is 12.8. The number of carbonyl (C=O) groups excluding carboxylic acids is 3. The molecule has 2 atom stereocenters. The molecule has 6 nitrogen and oxygen atoms in total. The third kappa shape index (κ3) is 51.8. The van der Waals surface area contributed by atoms with Gasteiger partial charge in [-0.2, -0.15) is 0 Å². The molecule has 0 bridgehead atoms. The Hall–Kier alpha value is -1.59. The van der Waals surface area contributed by atoms with Gasteiger partial charge in [-0.05, 0) is 31.1 Å². The van der Waals surface area contributed by atoms with Crippen molar-refractivity contribution in [3.8, 4) is 0 Å². The number of esters is 3. The van der Waals surface area contributed by atoms with E-state index in [0.29, 0.717) is 19.3 Å². The predicted molar refractivity (Wildman–Crippen MR) is 284 cm³/mol. The first-order valence-corrected chi connectivity index (χ1v) is 29.8. The number of unbranched alkanes of at least 4 members (excludes halogenated alkanes) is 38. The molecule has 0 heterocycles. The lowest BCUT2D eigenvalue weighted by Crippen LogP contribution is -2.30. The molecule has 0 aromatic carbocycles. The smallest absolute Gasteiger partial charge is 0.306 e. The van der Waals surface area contributed by atoms with Crippen LogP contribution in [0.15, 0.2) is 0 Å². The lowest BCUT2D eigenvalue weighted by molar-refractivity contribution is -0.167. The van der Waals surface area contributed by atoms with Crippen LogP contribution in [0.3, 0.4) is 0 Å². The molecule has 0 radical (unpaired) electrons. The van der Waals surface area contributed by atoms with Crippen molar-refractivity contribution in [2.45, 2.75) is 343 Å². The Bertz CT molecular complexity index is 1010. The summed E-state index contributed by atoms with van der Waals surface area (Å²) < 4.78 is 16.9. The van der Waals surface area contributed by atoms with Gasteiger partial charge in [0.15, 0.2) is 6.10 Å². The van der Waals surface area contributed by atoms with Gasteiger partial charge in [-0.1, -0.05) is 298 Å². The molecule has 0 saturated heterocycles. The van der Waals surface area contributed by atoms with Gasteiger partial charge < -0.3 is 14.2 Å². The normalized spacial score (nSPS) is 12.5. The highest BCUT2D eigenvalue weighted by Gasteiger charge is 2.19. The molecule has 0 aromatic rings. The minimum Gasteiger partial charge on any atom is -0.462 e. The van der Waals surface area contributed by atoms with Crippen LogP contribution in [-0.4, -0.2) is 37.2 Å². The zero-order chi connectivity index (χ0) is 48.2. The number of hydrogen-bond acceptors (Lipinski definition) is 6. The number of ether oxygens (including phenoxy) is 3. The van der Waals surface area contributed by atoms with Gasteiger partial charge in [0, 0.05) is 19.3 Å². The fourth-order valence-electron chi connectivity index (χ4n) is 9.20. The maximum atomic E-state index is 12.8. The molecule has 0 amide bonds.